The highest BCUT2D eigenvalue weighted by molar-refractivity contribution is 7.92. The smallest absolute Gasteiger partial charge is 0.177 e. The SMILES string of the molecule is Cc1cc(-n2ncc3c(N=S(C)(C)=O)cc(N4CCOC[C@H]4C)nc32)n[nH]1. The quantitative estimate of drug-likeness (QED) is 0.735. The van der Waals surface area contributed by atoms with Crippen LogP contribution in [0.25, 0.3) is 16.9 Å². The van der Waals surface area contributed by atoms with Gasteiger partial charge in [0.05, 0.1) is 36.5 Å². The molecule has 1 saturated heterocycles. The topological polar surface area (TPSA) is 101 Å². The summed E-state index contributed by atoms with van der Waals surface area (Å²) in [7, 11) is -2.34. The molecule has 4 rings (SSSR count). The molecule has 1 N–H and O–H groups in total. The number of morpholine rings is 1. The lowest BCUT2D eigenvalue weighted by Crippen LogP contribution is -2.44. The van der Waals surface area contributed by atoms with Crippen LogP contribution in [0.1, 0.15) is 12.6 Å². The first-order valence-corrected chi connectivity index (χ1v) is 11.1. The van der Waals surface area contributed by atoms with Crippen molar-refractivity contribution in [2.45, 2.75) is 19.9 Å². The lowest BCUT2D eigenvalue weighted by molar-refractivity contribution is 0.0985. The molecule has 0 aromatic carbocycles. The van der Waals surface area contributed by atoms with Crippen molar-refractivity contribution in [3.63, 3.8) is 0 Å². The first kappa shape index (κ1) is 17.9. The van der Waals surface area contributed by atoms with E-state index in [1.807, 2.05) is 19.1 Å². The predicted molar refractivity (Wildman–Crippen MR) is 105 cm³/mol. The highest BCUT2D eigenvalue weighted by atomic mass is 32.2. The predicted octanol–water partition coefficient (Wildman–Crippen LogP) is 2.04. The number of nitrogens with zero attached hydrogens (tertiary/aromatic N) is 6. The molecule has 10 heteroatoms. The Kier molecular flexibility index (Phi) is 4.39. The van der Waals surface area contributed by atoms with Gasteiger partial charge < -0.3 is 9.64 Å². The Bertz CT molecular complexity index is 1100. The zero-order chi connectivity index (χ0) is 19.2. The number of H-pyrrole nitrogens is 1. The standard InChI is InChI=1S/C17H23N7O2S/c1-11-7-16(21-20-11)24-17-13(9-18-24)14(22-27(3,4)25)8-15(19-17)23-5-6-26-10-12(23)2/h7-9,12H,5-6,10H2,1-4H3,(H,20,21)/t12-/m1/s1. The Balaban J connectivity index is 1.95. The summed E-state index contributed by atoms with van der Waals surface area (Å²) in [6.45, 7) is 6.05. The number of rotatable bonds is 3. The van der Waals surface area contributed by atoms with Crippen LogP contribution in [0.3, 0.4) is 0 Å². The van der Waals surface area contributed by atoms with Gasteiger partial charge >= 0.3 is 0 Å². The Labute approximate surface area is 157 Å². The number of anilines is 1. The molecule has 1 atom stereocenters. The molecule has 0 spiro atoms. The van der Waals surface area contributed by atoms with E-state index >= 15 is 0 Å². The molecule has 0 bridgehead atoms. The molecule has 4 heterocycles. The second kappa shape index (κ2) is 6.61. The van der Waals surface area contributed by atoms with Gasteiger partial charge in [-0.25, -0.2) is 9.19 Å². The van der Waals surface area contributed by atoms with Gasteiger partial charge in [-0.3, -0.25) is 5.10 Å². The van der Waals surface area contributed by atoms with E-state index < -0.39 is 9.73 Å². The zero-order valence-electron chi connectivity index (χ0n) is 15.8. The Morgan fingerprint density at radius 1 is 1.33 bits per heavy atom. The van der Waals surface area contributed by atoms with E-state index in [0.717, 1.165) is 23.4 Å². The molecule has 0 saturated carbocycles. The highest BCUT2D eigenvalue weighted by Gasteiger charge is 2.23. The van der Waals surface area contributed by atoms with Crippen molar-refractivity contribution in [1.29, 1.82) is 0 Å². The fourth-order valence-corrected chi connectivity index (χ4v) is 3.80. The molecule has 1 aliphatic rings. The van der Waals surface area contributed by atoms with Crippen LogP contribution in [0.4, 0.5) is 11.5 Å². The number of aromatic nitrogens is 5. The van der Waals surface area contributed by atoms with Crippen LogP contribution in [0.2, 0.25) is 0 Å². The van der Waals surface area contributed by atoms with Crippen LogP contribution >= 0.6 is 0 Å². The number of fused-ring (bicyclic) bond motifs is 1. The van der Waals surface area contributed by atoms with E-state index in [9.17, 15) is 4.21 Å². The maximum Gasteiger partial charge on any atom is 0.177 e. The van der Waals surface area contributed by atoms with Gasteiger partial charge in [-0.15, -0.1) is 0 Å². The normalized spacial score (nSPS) is 18.2. The first-order valence-electron chi connectivity index (χ1n) is 8.74. The monoisotopic (exact) mass is 389 g/mol. The third-order valence-corrected chi connectivity index (χ3v) is 5.03. The van der Waals surface area contributed by atoms with Gasteiger partial charge in [-0.1, -0.05) is 0 Å². The molecule has 27 heavy (non-hydrogen) atoms. The van der Waals surface area contributed by atoms with Crippen molar-refractivity contribution in [2.75, 3.05) is 37.2 Å². The highest BCUT2D eigenvalue weighted by Crippen LogP contribution is 2.32. The molecule has 0 unspecified atom stereocenters. The largest absolute Gasteiger partial charge is 0.377 e. The lowest BCUT2D eigenvalue weighted by Gasteiger charge is -2.34. The zero-order valence-corrected chi connectivity index (χ0v) is 16.7. The van der Waals surface area contributed by atoms with Crippen LogP contribution in [0.15, 0.2) is 22.7 Å². The summed E-state index contributed by atoms with van der Waals surface area (Å²) in [5, 5.41) is 12.4. The maximum absolute atomic E-state index is 12.4. The molecule has 1 aliphatic heterocycles. The number of hydrogen-bond acceptors (Lipinski definition) is 7. The third kappa shape index (κ3) is 3.54. The molecule has 144 valence electrons. The molecule has 0 aliphatic carbocycles. The van der Waals surface area contributed by atoms with Gasteiger partial charge in [0.2, 0.25) is 0 Å². The van der Waals surface area contributed by atoms with Gasteiger partial charge in [-0.2, -0.15) is 19.2 Å². The molecular weight excluding hydrogens is 366 g/mol. The van der Waals surface area contributed by atoms with E-state index in [1.165, 1.54) is 0 Å². The second-order valence-electron chi connectivity index (χ2n) is 7.09. The minimum Gasteiger partial charge on any atom is -0.377 e. The van der Waals surface area contributed by atoms with Crippen molar-refractivity contribution in [1.82, 2.24) is 25.0 Å². The second-order valence-corrected chi connectivity index (χ2v) is 9.64. The van der Waals surface area contributed by atoms with Crippen molar-refractivity contribution >= 4 is 32.3 Å². The molecule has 3 aromatic rings. The van der Waals surface area contributed by atoms with Gasteiger partial charge in [0, 0.05) is 46.6 Å². The lowest BCUT2D eigenvalue weighted by atomic mass is 10.2. The number of aromatic amines is 1. The fourth-order valence-electron chi connectivity index (χ4n) is 3.18. The van der Waals surface area contributed by atoms with Crippen LogP contribution in [-0.4, -0.2) is 67.5 Å². The van der Waals surface area contributed by atoms with Crippen molar-refractivity contribution in [3.8, 4) is 5.82 Å². The summed E-state index contributed by atoms with van der Waals surface area (Å²) in [5.74, 6) is 1.43. The van der Waals surface area contributed by atoms with E-state index in [-0.39, 0.29) is 6.04 Å². The fraction of sp³-hybridized carbons (Fsp3) is 0.471. The van der Waals surface area contributed by atoms with Crippen LogP contribution in [0, 0.1) is 6.92 Å². The Morgan fingerprint density at radius 3 is 2.81 bits per heavy atom. The Hall–Kier alpha value is -2.46. The summed E-state index contributed by atoms with van der Waals surface area (Å²) in [6.07, 6.45) is 4.94. The first-order chi connectivity index (χ1) is 12.8. The van der Waals surface area contributed by atoms with E-state index in [1.54, 1.807) is 23.4 Å². The molecule has 3 aromatic heterocycles. The van der Waals surface area contributed by atoms with Crippen molar-refractivity contribution < 1.29 is 8.95 Å². The number of nitrogens with one attached hydrogen (secondary N) is 1. The molecular formula is C17H23N7O2S. The Morgan fingerprint density at radius 2 is 2.15 bits per heavy atom. The number of aryl methyl sites for hydroxylation is 1. The van der Waals surface area contributed by atoms with Crippen LogP contribution < -0.4 is 4.90 Å². The van der Waals surface area contributed by atoms with Gasteiger partial charge in [-0.05, 0) is 13.8 Å². The van der Waals surface area contributed by atoms with E-state index in [0.29, 0.717) is 30.4 Å². The number of pyridine rings is 1. The summed E-state index contributed by atoms with van der Waals surface area (Å²) in [6, 6.07) is 3.98. The van der Waals surface area contributed by atoms with E-state index in [4.69, 9.17) is 9.72 Å². The molecule has 1 fully saturated rings. The van der Waals surface area contributed by atoms with Crippen molar-refractivity contribution in [3.05, 3.63) is 24.0 Å². The van der Waals surface area contributed by atoms with Crippen molar-refractivity contribution in [2.24, 2.45) is 4.36 Å². The van der Waals surface area contributed by atoms with E-state index in [2.05, 4.69) is 31.5 Å². The van der Waals surface area contributed by atoms with Gasteiger partial charge in [0.1, 0.15) is 5.82 Å². The molecule has 9 nitrogen and oxygen atoms in total. The van der Waals surface area contributed by atoms with Crippen LogP contribution in [0.5, 0.6) is 0 Å². The minimum atomic E-state index is -2.34. The van der Waals surface area contributed by atoms with Crippen LogP contribution in [-0.2, 0) is 14.5 Å². The average molecular weight is 389 g/mol. The summed E-state index contributed by atoms with van der Waals surface area (Å²) in [5.41, 5.74) is 2.20. The summed E-state index contributed by atoms with van der Waals surface area (Å²) in [4.78, 5) is 7.03. The minimum absolute atomic E-state index is 0.188. The van der Waals surface area contributed by atoms with Gasteiger partial charge in [0.15, 0.2) is 11.5 Å². The average Bonchev–Trinajstić information content (AvgIpc) is 3.20. The summed E-state index contributed by atoms with van der Waals surface area (Å²) < 4.78 is 24.0. The molecule has 0 amide bonds. The third-order valence-electron chi connectivity index (χ3n) is 4.40. The molecule has 0 radical (unpaired) electrons. The maximum atomic E-state index is 12.4. The van der Waals surface area contributed by atoms with Gasteiger partial charge in [0.25, 0.3) is 0 Å². The summed E-state index contributed by atoms with van der Waals surface area (Å²) >= 11 is 0. The number of hydrogen-bond donors (Lipinski definition) is 1. The number of ether oxygens (including phenoxy) is 1.